The second kappa shape index (κ2) is 5.54. The average molecular weight is 280 g/mol. The van der Waals surface area contributed by atoms with Gasteiger partial charge in [0, 0.05) is 19.9 Å². The van der Waals surface area contributed by atoms with Gasteiger partial charge in [-0.2, -0.15) is 0 Å². The monoisotopic (exact) mass is 280 g/mol. The van der Waals surface area contributed by atoms with Crippen LogP contribution in [-0.2, 0) is 16.4 Å². The Morgan fingerprint density at radius 1 is 1.26 bits per heavy atom. The number of aryl methyl sites for hydroxylation is 2. The third kappa shape index (κ3) is 3.42. The molecule has 102 valence electrons. The predicted molar refractivity (Wildman–Crippen MR) is 71.3 cm³/mol. The predicted octanol–water partition coefficient (Wildman–Crippen LogP) is 1.81. The fourth-order valence-electron chi connectivity index (χ4n) is 1.77. The zero-order valence-electron chi connectivity index (χ0n) is 10.9. The van der Waals surface area contributed by atoms with Crippen LogP contribution in [0.15, 0.2) is 39.8 Å². The van der Waals surface area contributed by atoms with Gasteiger partial charge >= 0.3 is 0 Å². The minimum atomic E-state index is -3.46. The molecule has 0 atom stereocenters. The molecule has 19 heavy (non-hydrogen) atoms. The van der Waals surface area contributed by atoms with Crippen LogP contribution in [0, 0.1) is 13.8 Å². The molecule has 0 bridgehead atoms. The molecule has 0 saturated carbocycles. The first-order valence-corrected chi connectivity index (χ1v) is 7.43. The lowest BCUT2D eigenvalue weighted by Crippen LogP contribution is -2.26. The van der Waals surface area contributed by atoms with Crippen LogP contribution >= 0.6 is 0 Å². The van der Waals surface area contributed by atoms with Gasteiger partial charge in [0.05, 0.1) is 10.6 Å². The molecule has 0 fully saturated rings. The van der Waals surface area contributed by atoms with Crippen molar-refractivity contribution in [3.05, 3.63) is 47.7 Å². The van der Waals surface area contributed by atoms with E-state index in [4.69, 9.17) is 4.42 Å². The van der Waals surface area contributed by atoms with E-state index < -0.39 is 10.0 Å². The number of nitrogens with zero attached hydrogens (tertiary/aromatic N) is 1. The fraction of sp³-hybridized carbons (Fsp3) is 0.308. The molecule has 0 spiro atoms. The van der Waals surface area contributed by atoms with E-state index >= 15 is 0 Å². The highest BCUT2D eigenvalue weighted by atomic mass is 32.2. The van der Waals surface area contributed by atoms with Crippen LogP contribution in [0.3, 0.4) is 0 Å². The van der Waals surface area contributed by atoms with Gasteiger partial charge in [-0.25, -0.2) is 18.1 Å². The number of aromatic nitrogens is 1. The first-order valence-electron chi connectivity index (χ1n) is 5.95. The first-order chi connectivity index (χ1) is 8.99. The molecule has 0 saturated heterocycles. The molecule has 6 heteroatoms. The standard InChI is InChI=1S/C13H16N2O3S/c1-10-5-3-4-6-13(10)19(16,17)14-8-7-12-9-18-11(2)15-12/h3-6,9,14H,7-8H2,1-2H3. The Kier molecular flexibility index (Phi) is 4.01. The van der Waals surface area contributed by atoms with E-state index in [-0.39, 0.29) is 0 Å². The second-order valence-corrected chi connectivity index (χ2v) is 6.01. The molecule has 2 aromatic rings. The van der Waals surface area contributed by atoms with Crippen molar-refractivity contribution in [2.24, 2.45) is 0 Å². The summed E-state index contributed by atoms with van der Waals surface area (Å²) in [4.78, 5) is 4.43. The summed E-state index contributed by atoms with van der Waals surface area (Å²) in [6, 6.07) is 6.89. The first kappa shape index (κ1) is 13.8. The summed E-state index contributed by atoms with van der Waals surface area (Å²) >= 11 is 0. The Bertz CT molecular complexity index is 662. The van der Waals surface area contributed by atoms with Crippen molar-refractivity contribution in [2.75, 3.05) is 6.54 Å². The maximum Gasteiger partial charge on any atom is 0.240 e. The highest BCUT2D eigenvalue weighted by Gasteiger charge is 2.15. The lowest BCUT2D eigenvalue weighted by molar-refractivity contribution is 0.520. The van der Waals surface area contributed by atoms with E-state index in [1.54, 1.807) is 32.0 Å². The third-order valence-electron chi connectivity index (χ3n) is 2.72. The molecule has 0 unspecified atom stereocenters. The summed E-state index contributed by atoms with van der Waals surface area (Å²) in [6.45, 7) is 3.82. The minimum absolute atomic E-state index is 0.294. The molecule has 0 radical (unpaired) electrons. The summed E-state index contributed by atoms with van der Waals surface area (Å²) < 4.78 is 31.8. The average Bonchev–Trinajstić information content (AvgIpc) is 2.75. The number of nitrogens with one attached hydrogen (secondary N) is 1. The smallest absolute Gasteiger partial charge is 0.240 e. The molecule has 1 aromatic heterocycles. The van der Waals surface area contributed by atoms with Gasteiger partial charge in [0.1, 0.15) is 6.26 Å². The van der Waals surface area contributed by atoms with Crippen molar-refractivity contribution in [1.82, 2.24) is 9.71 Å². The van der Waals surface area contributed by atoms with E-state index in [1.807, 2.05) is 6.07 Å². The normalized spacial score (nSPS) is 11.7. The fourth-order valence-corrected chi connectivity index (χ4v) is 3.05. The van der Waals surface area contributed by atoms with Crippen molar-refractivity contribution < 1.29 is 12.8 Å². The molecular weight excluding hydrogens is 264 g/mol. The third-order valence-corrected chi connectivity index (χ3v) is 4.34. The molecule has 0 amide bonds. The number of oxazole rings is 1. The Balaban J connectivity index is 2.01. The summed E-state index contributed by atoms with van der Waals surface area (Å²) in [7, 11) is -3.46. The van der Waals surface area contributed by atoms with Gasteiger partial charge in [-0.3, -0.25) is 0 Å². The van der Waals surface area contributed by atoms with Crippen LogP contribution in [0.1, 0.15) is 17.1 Å². The summed E-state index contributed by atoms with van der Waals surface area (Å²) in [5.74, 6) is 0.580. The van der Waals surface area contributed by atoms with Crippen LogP contribution in [0.4, 0.5) is 0 Å². The molecule has 1 N–H and O–H groups in total. The van der Waals surface area contributed by atoms with Crippen molar-refractivity contribution in [3.8, 4) is 0 Å². The summed E-state index contributed by atoms with van der Waals surface area (Å²) in [5.41, 5.74) is 1.47. The van der Waals surface area contributed by atoms with Gasteiger partial charge in [0.25, 0.3) is 0 Å². The molecule has 5 nitrogen and oxygen atoms in total. The van der Waals surface area contributed by atoms with Gasteiger partial charge in [-0.15, -0.1) is 0 Å². The van der Waals surface area contributed by atoms with Crippen LogP contribution in [0.25, 0.3) is 0 Å². The lowest BCUT2D eigenvalue weighted by atomic mass is 10.2. The van der Waals surface area contributed by atoms with E-state index in [2.05, 4.69) is 9.71 Å². The highest BCUT2D eigenvalue weighted by molar-refractivity contribution is 7.89. The van der Waals surface area contributed by atoms with Crippen LogP contribution in [-0.4, -0.2) is 19.9 Å². The zero-order valence-corrected chi connectivity index (χ0v) is 11.7. The van der Waals surface area contributed by atoms with Crippen LogP contribution < -0.4 is 4.72 Å². The quantitative estimate of drug-likeness (QED) is 0.906. The second-order valence-electron chi connectivity index (χ2n) is 4.27. The van der Waals surface area contributed by atoms with Gasteiger partial charge in [-0.1, -0.05) is 18.2 Å². The van der Waals surface area contributed by atoms with E-state index in [0.29, 0.717) is 23.8 Å². The topological polar surface area (TPSA) is 72.2 Å². The SMILES string of the molecule is Cc1nc(CCNS(=O)(=O)c2ccccc2C)co1. The van der Waals surface area contributed by atoms with Gasteiger partial charge in [0.2, 0.25) is 10.0 Å². The minimum Gasteiger partial charge on any atom is -0.449 e. The van der Waals surface area contributed by atoms with Gasteiger partial charge in [0.15, 0.2) is 5.89 Å². The van der Waals surface area contributed by atoms with Crippen molar-refractivity contribution in [2.45, 2.75) is 25.2 Å². The van der Waals surface area contributed by atoms with Gasteiger partial charge < -0.3 is 4.42 Å². The summed E-state index contributed by atoms with van der Waals surface area (Å²) in [5, 5.41) is 0. The Morgan fingerprint density at radius 2 is 2.00 bits per heavy atom. The molecule has 2 rings (SSSR count). The number of hydrogen-bond donors (Lipinski definition) is 1. The number of hydrogen-bond acceptors (Lipinski definition) is 4. The molecule has 1 aromatic carbocycles. The maximum atomic E-state index is 12.1. The van der Waals surface area contributed by atoms with Crippen molar-refractivity contribution in [1.29, 1.82) is 0 Å². The highest BCUT2D eigenvalue weighted by Crippen LogP contribution is 2.13. The number of benzene rings is 1. The van der Waals surface area contributed by atoms with E-state index in [1.165, 1.54) is 6.26 Å². The molecule has 0 aliphatic heterocycles. The number of rotatable bonds is 5. The Labute approximate surface area is 112 Å². The summed E-state index contributed by atoms with van der Waals surface area (Å²) in [6.07, 6.45) is 2.04. The van der Waals surface area contributed by atoms with Crippen LogP contribution in [0.2, 0.25) is 0 Å². The molecular formula is C13H16N2O3S. The van der Waals surface area contributed by atoms with Gasteiger partial charge in [-0.05, 0) is 18.6 Å². The van der Waals surface area contributed by atoms with Crippen molar-refractivity contribution >= 4 is 10.0 Å². The van der Waals surface area contributed by atoms with E-state index in [0.717, 1.165) is 11.3 Å². The largest absolute Gasteiger partial charge is 0.449 e. The van der Waals surface area contributed by atoms with Crippen molar-refractivity contribution in [3.63, 3.8) is 0 Å². The van der Waals surface area contributed by atoms with Crippen LogP contribution in [0.5, 0.6) is 0 Å². The molecule has 0 aliphatic carbocycles. The Hall–Kier alpha value is -1.66. The van der Waals surface area contributed by atoms with E-state index in [9.17, 15) is 8.42 Å². The molecule has 0 aliphatic rings. The zero-order chi connectivity index (χ0) is 13.9. The Morgan fingerprint density at radius 3 is 2.63 bits per heavy atom. The maximum absolute atomic E-state index is 12.1. The lowest BCUT2D eigenvalue weighted by Gasteiger charge is -2.08. The number of sulfonamides is 1. The molecule has 1 heterocycles.